The number of para-hydroxylation sites is 1. The molecule has 2 heterocycles. The molecule has 1 aromatic heterocycles. The summed E-state index contributed by atoms with van der Waals surface area (Å²) in [5, 5.41) is 0.786. The quantitative estimate of drug-likeness (QED) is 0.490. The molecule has 7 heteroatoms. The molecular weight excluding hydrogens is 324 g/mol. The molecule has 25 heavy (non-hydrogen) atoms. The molecular formula is C18H18N2O5. The van der Waals surface area contributed by atoms with E-state index in [-0.39, 0.29) is 50.0 Å². The fourth-order valence-corrected chi connectivity index (χ4v) is 3.00. The second-order valence-corrected chi connectivity index (χ2v) is 5.94. The molecule has 1 aromatic carbocycles. The summed E-state index contributed by atoms with van der Waals surface area (Å²) in [6.45, 7) is 1.42. The van der Waals surface area contributed by atoms with Crippen molar-refractivity contribution in [2.45, 2.75) is 26.2 Å². The number of aryl methyl sites for hydroxylation is 1. The lowest BCUT2D eigenvalue weighted by atomic mass is 10.1. The van der Waals surface area contributed by atoms with Crippen molar-refractivity contribution in [3.8, 4) is 0 Å². The van der Waals surface area contributed by atoms with Gasteiger partial charge < -0.3 is 9.72 Å². The number of hydrogen-bond donors (Lipinski definition) is 1. The number of imide groups is 1. The third-order valence-corrected chi connectivity index (χ3v) is 4.23. The highest BCUT2D eigenvalue weighted by molar-refractivity contribution is 6.10. The van der Waals surface area contributed by atoms with Crippen molar-refractivity contribution in [3.63, 3.8) is 0 Å². The van der Waals surface area contributed by atoms with Gasteiger partial charge in [0.25, 0.3) is 0 Å². The minimum atomic E-state index is -0.613. The fraction of sp³-hybridized carbons (Fsp3) is 0.333. The molecule has 1 aliphatic rings. The number of ketones is 1. The molecule has 1 aliphatic heterocycles. The number of nitrogens with one attached hydrogen (secondary N) is 1. The Bertz CT molecular complexity index is 851. The van der Waals surface area contributed by atoms with Crippen molar-refractivity contribution in [3.05, 3.63) is 35.5 Å². The second-order valence-electron chi connectivity index (χ2n) is 5.94. The Labute approximate surface area is 143 Å². The Morgan fingerprint density at radius 3 is 2.56 bits per heavy atom. The topological polar surface area (TPSA) is 96.5 Å². The molecule has 2 aromatic rings. The fourth-order valence-electron chi connectivity index (χ4n) is 3.00. The van der Waals surface area contributed by atoms with E-state index in [1.165, 1.54) is 0 Å². The summed E-state index contributed by atoms with van der Waals surface area (Å²) in [6, 6.07) is 7.41. The molecule has 1 saturated heterocycles. The van der Waals surface area contributed by atoms with Crippen molar-refractivity contribution >= 4 is 34.5 Å². The van der Waals surface area contributed by atoms with Gasteiger partial charge in [-0.2, -0.15) is 0 Å². The molecule has 7 nitrogen and oxygen atoms in total. The highest BCUT2D eigenvalue weighted by Crippen LogP contribution is 2.22. The Balaban J connectivity index is 1.56. The predicted molar refractivity (Wildman–Crippen MR) is 88.9 cm³/mol. The average Bonchev–Trinajstić information content (AvgIpc) is 3.09. The van der Waals surface area contributed by atoms with Gasteiger partial charge in [0.2, 0.25) is 17.6 Å². The molecule has 1 N–H and O–H groups in total. The van der Waals surface area contributed by atoms with Crippen LogP contribution in [-0.4, -0.2) is 46.6 Å². The second kappa shape index (κ2) is 6.88. The lowest BCUT2D eigenvalue weighted by Crippen LogP contribution is -2.31. The Kier molecular flexibility index (Phi) is 4.65. The Morgan fingerprint density at radius 1 is 1.16 bits per heavy atom. The van der Waals surface area contributed by atoms with Crippen LogP contribution >= 0.6 is 0 Å². The molecule has 0 unspecified atom stereocenters. The van der Waals surface area contributed by atoms with Gasteiger partial charge in [0.1, 0.15) is 0 Å². The first-order valence-corrected chi connectivity index (χ1v) is 8.06. The van der Waals surface area contributed by atoms with E-state index in [1.807, 2.05) is 24.3 Å². The van der Waals surface area contributed by atoms with Gasteiger partial charge in [-0.05, 0) is 13.0 Å². The number of benzene rings is 1. The summed E-state index contributed by atoms with van der Waals surface area (Å²) >= 11 is 0. The van der Waals surface area contributed by atoms with Gasteiger partial charge >= 0.3 is 5.97 Å². The summed E-state index contributed by atoms with van der Waals surface area (Å²) < 4.78 is 5.01. The highest BCUT2D eigenvalue weighted by Gasteiger charge is 2.29. The maximum absolute atomic E-state index is 12.4. The number of Topliss-reactive ketones (excluding diaryl/α,β-unsaturated/α-hetero) is 1. The van der Waals surface area contributed by atoms with Crippen molar-refractivity contribution in [1.29, 1.82) is 0 Å². The summed E-state index contributed by atoms with van der Waals surface area (Å²) in [5.74, 6) is -1.46. The molecule has 2 amide bonds. The first kappa shape index (κ1) is 16.9. The van der Waals surface area contributed by atoms with E-state index >= 15 is 0 Å². The van der Waals surface area contributed by atoms with Crippen LogP contribution in [0.4, 0.5) is 0 Å². The summed E-state index contributed by atoms with van der Waals surface area (Å²) in [4.78, 5) is 51.3. The number of likely N-dealkylation sites (tertiary alicyclic amines) is 1. The third kappa shape index (κ3) is 3.45. The van der Waals surface area contributed by atoms with Crippen molar-refractivity contribution < 1.29 is 23.9 Å². The van der Waals surface area contributed by atoms with Crippen LogP contribution in [0.2, 0.25) is 0 Å². The molecule has 0 aliphatic carbocycles. The number of amides is 2. The largest absolute Gasteiger partial charge is 0.457 e. The molecule has 0 radical (unpaired) electrons. The van der Waals surface area contributed by atoms with Crippen LogP contribution in [0, 0.1) is 6.92 Å². The van der Waals surface area contributed by atoms with Gasteiger partial charge in [-0.1, -0.05) is 18.2 Å². The van der Waals surface area contributed by atoms with Crippen LogP contribution < -0.4 is 0 Å². The minimum Gasteiger partial charge on any atom is -0.457 e. The van der Waals surface area contributed by atoms with Crippen LogP contribution in [-0.2, 0) is 19.1 Å². The van der Waals surface area contributed by atoms with E-state index in [4.69, 9.17) is 4.74 Å². The first-order chi connectivity index (χ1) is 12.0. The summed E-state index contributed by atoms with van der Waals surface area (Å²) in [5.41, 5.74) is 2.07. The van der Waals surface area contributed by atoms with Gasteiger partial charge in [-0.25, -0.2) is 0 Å². The molecule has 0 atom stereocenters. The predicted octanol–water partition coefficient (Wildman–Crippen LogP) is 1.74. The third-order valence-electron chi connectivity index (χ3n) is 4.23. The van der Waals surface area contributed by atoms with E-state index in [0.717, 1.165) is 21.5 Å². The number of hydrogen-bond acceptors (Lipinski definition) is 5. The number of ether oxygens (including phenoxy) is 1. The molecule has 0 saturated carbocycles. The number of rotatable bonds is 6. The van der Waals surface area contributed by atoms with E-state index in [0.29, 0.717) is 5.56 Å². The van der Waals surface area contributed by atoms with E-state index in [2.05, 4.69) is 4.98 Å². The average molecular weight is 342 g/mol. The van der Waals surface area contributed by atoms with Crippen molar-refractivity contribution in [2.75, 3.05) is 13.2 Å². The molecule has 1 fully saturated rings. The van der Waals surface area contributed by atoms with Gasteiger partial charge in [0.15, 0.2) is 6.61 Å². The van der Waals surface area contributed by atoms with Crippen LogP contribution in [0.25, 0.3) is 10.9 Å². The molecule has 3 rings (SSSR count). The number of aromatic amines is 1. The number of fused-ring (bicyclic) bond motifs is 1. The lowest BCUT2D eigenvalue weighted by molar-refractivity contribution is -0.144. The van der Waals surface area contributed by atoms with E-state index in [9.17, 15) is 19.2 Å². The number of nitrogens with zero attached hydrogens (tertiary/aromatic N) is 1. The van der Waals surface area contributed by atoms with Gasteiger partial charge in [0, 0.05) is 41.5 Å². The standard InChI is InChI=1S/C18H18N2O5/c1-11-18(12-4-2-3-5-13(12)19-11)14(21)10-25-17(24)8-9-20-15(22)6-7-16(20)23/h2-5,19H,6-10H2,1H3. The van der Waals surface area contributed by atoms with Crippen LogP contribution in [0.15, 0.2) is 24.3 Å². The Hall–Kier alpha value is -2.96. The number of carbonyl (C=O) groups is 4. The number of H-pyrrole nitrogens is 1. The first-order valence-electron chi connectivity index (χ1n) is 8.06. The van der Waals surface area contributed by atoms with E-state index in [1.54, 1.807) is 6.92 Å². The number of esters is 1. The maximum atomic E-state index is 12.4. The summed E-state index contributed by atoms with van der Waals surface area (Å²) in [7, 11) is 0. The van der Waals surface area contributed by atoms with Crippen LogP contribution in [0.3, 0.4) is 0 Å². The highest BCUT2D eigenvalue weighted by atomic mass is 16.5. The lowest BCUT2D eigenvalue weighted by Gasteiger charge is -2.12. The molecule has 0 bridgehead atoms. The zero-order chi connectivity index (χ0) is 18.0. The smallest absolute Gasteiger partial charge is 0.308 e. The van der Waals surface area contributed by atoms with Gasteiger partial charge in [-0.15, -0.1) is 0 Å². The van der Waals surface area contributed by atoms with Crippen LogP contribution in [0.5, 0.6) is 0 Å². The SMILES string of the molecule is Cc1[nH]c2ccccc2c1C(=O)COC(=O)CCN1C(=O)CCC1=O. The van der Waals surface area contributed by atoms with E-state index < -0.39 is 5.97 Å². The normalized spacial score (nSPS) is 14.4. The maximum Gasteiger partial charge on any atom is 0.308 e. The number of carbonyl (C=O) groups excluding carboxylic acids is 4. The van der Waals surface area contributed by atoms with Gasteiger partial charge in [-0.3, -0.25) is 24.1 Å². The van der Waals surface area contributed by atoms with Crippen molar-refractivity contribution in [2.24, 2.45) is 0 Å². The van der Waals surface area contributed by atoms with Gasteiger partial charge in [0.05, 0.1) is 6.42 Å². The summed E-state index contributed by atoms with van der Waals surface area (Å²) in [6.07, 6.45) is 0.260. The monoisotopic (exact) mass is 342 g/mol. The zero-order valence-electron chi connectivity index (χ0n) is 13.8. The minimum absolute atomic E-state index is 0.00317. The molecule has 0 spiro atoms. The zero-order valence-corrected chi connectivity index (χ0v) is 13.8. The Morgan fingerprint density at radius 2 is 1.84 bits per heavy atom. The van der Waals surface area contributed by atoms with Crippen LogP contribution in [0.1, 0.15) is 35.3 Å². The molecule has 130 valence electrons. The van der Waals surface area contributed by atoms with Crippen molar-refractivity contribution in [1.82, 2.24) is 9.88 Å². The number of aromatic nitrogens is 1.